The van der Waals surface area contributed by atoms with Crippen LogP contribution in [0.5, 0.6) is 5.75 Å². The third kappa shape index (κ3) is 4.84. The molecule has 0 bridgehead atoms. The molecule has 2 N–H and O–H groups in total. The van der Waals surface area contributed by atoms with E-state index in [1.54, 1.807) is 7.11 Å². The van der Waals surface area contributed by atoms with Crippen molar-refractivity contribution in [2.24, 2.45) is 5.92 Å². The number of aliphatic hydroxyl groups excluding tert-OH is 1. The Balaban J connectivity index is 2.47. The van der Waals surface area contributed by atoms with Crippen molar-refractivity contribution in [3.8, 4) is 5.75 Å². The van der Waals surface area contributed by atoms with E-state index in [1.165, 1.54) is 16.7 Å². The molecule has 0 spiro atoms. The van der Waals surface area contributed by atoms with E-state index >= 15 is 0 Å². The van der Waals surface area contributed by atoms with Gasteiger partial charge in [0.05, 0.1) is 7.11 Å². The van der Waals surface area contributed by atoms with Crippen LogP contribution in [0.1, 0.15) is 30.0 Å². The van der Waals surface area contributed by atoms with Gasteiger partial charge in [-0.3, -0.25) is 0 Å². The largest absolute Gasteiger partial charge is 0.496 e. The monoisotopic (exact) mass is 265 g/mol. The Bertz CT molecular complexity index is 387. The molecule has 1 atom stereocenters. The van der Waals surface area contributed by atoms with Crippen LogP contribution in [0.4, 0.5) is 0 Å². The fraction of sp³-hybridized carbons (Fsp3) is 0.625. The minimum atomic E-state index is 0.268. The Morgan fingerprint density at radius 2 is 2.00 bits per heavy atom. The lowest BCUT2D eigenvalue weighted by atomic mass is 10.0. The molecule has 0 aliphatic heterocycles. The average Bonchev–Trinajstić information content (AvgIpc) is 2.42. The van der Waals surface area contributed by atoms with Crippen molar-refractivity contribution >= 4 is 0 Å². The summed E-state index contributed by atoms with van der Waals surface area (Å²) in [5.41, 5.74) is 3.83. The highest BCUT2D eigenvalue weighted by Crippen LogP contribution is 2.22. The maximum Gasteiger partial charge on any atom is 0.122 e. The van der Waals surface area contributed by atoms with Gasteiger partial charge in [0.1, 0.15) is 5.75 Å². The smallest absolute Gasteiger partial charge is 0.122 e. The highest BCUT2D eigenvalue weighted by atomic mass is 16.5. The number of rotatable bonds is 8. The van der Waals surface area contributed by atoms with Crippen LogP contribution in [0.3, 0.4) is 0 Å². The number of ether oxygens (including phenoxy) is 1. The zero-order valence-electron chi connectivity index (χ0n) is 12.6. The summed E-state index contributed by atoms with van der Waals surface area (Å²) in [4.78, 5) is 0. The first-order chi connectivity index (χ1) is 9.12. The number of aliphatic hydroxyl groups is 1. The maximum absolute atomic E-state index is 9.13. The maximum atomic E-state index is 9.13. The Kier molecular flexibility index (Phi) is 6.89. The topological polar surface area (TPSA) is 41.5 Å². The van der Waals surface area contributed by atoms with Gasteiger partial charge in [-0.25, -0.2) is 0 Å². The summed E-state index contributed by atoms with van der Waals surface area (Å²) >= 11 is 0. The predicted molar refractivity (Wildman–Crippen MR) is 79.9 cm³/mol. The van der Waals surface area contributed by atoms with E-state index in [0.29, 0.717) is 5.92 Å². The molecular formula is C16H27NO2. The summed E-state index contributed by atoms with van der Waals surface area (Å²) in [6.07, 6.45) is 2.03. The first-order valence-corrected chi connectivity index (χ1v) is 7.08. The molecule has 1 aromatic rings. The van der Waals surface area contributed by atoms with Crippen LogP contribution in [0, 0.1) is 19.8 Å². The molecule has 0 aromatic heterocycles. The number of methoxy groups -OCH3 is 1. The SMILES string of the molecule is CCC(CO)CNCCc1cc(C)c(OC)cc1C. The van der Waals surface area contributed by atoms with Crippen molar-refractivity contribution in [2.45, 2.75) is 33.6 Å². The second kappa shape index (κ2) is 8.18. The van der Waals surface area contributed by atoms with Gasteiger partial charge in [0.2, 0.25) is 0 Å². The molecule has 3 heteroatoms. The number of benzene rings is 1. The number of aryl methyl sites for hydroxylation is 2. The third-order valence-electron chi connectivity index (χ3n) is 3.69. The summed E-state index contributed by atoms with van der Waals surface area (Å²) < 4.78 is 5.32. The van der Waals surface area contributed by atoms with Gasteiger partial charge in [-0.1, -0.05) is 13.0 Å². The van der Waals surface area contributed by atoms with Crippen molar-refractivity contribution < 1.29 is 9.84 Å². The molecule has 1 aromatic carbocycles. The Morgan fingerprint density at radius 3 is 2.58 bits per heavy atom. The predicted octanol–water partition coefficient (Wildman–Crippen LogP) is 2.46. The number of nitrogens with one attached hydrogen (secondary N) is 1. The molecule has 0 aliphatic carbocycles. The lowest BCUT2D eigenvalue weighted by Crippen LogP contribution is -2.26. The second-order valence-corrected chi connectivity index (χ2v) is 5.16. The van der Waals surface area contributed by atoms with E-state index in [9.17, 15) is 0 Å². The Labute approximate surface area is 117 Å². The van der Waals surface area contributed by atoms with Crippen LogP contribution >= 0.6 is 0 Å². The van der Waals surface area contributed by atoms with E-state index in [4.69, 9.17) is 9.84 Å². The first-order valence-electron chi connectivity index (χ1n) is 7.08. The molecule has 108 valence electrons. The summed E-state index contributed by atoms with van der Waals surface area (Å²) in [5.74, 6) is 1.33. The molecule has 0 fully saturated rings. The lowest BCUT2D eigenvalue weighted by Gasteiger charge is -2.14. The van der Waals surface area contributed by atoms with Gasteiger partial charge >= 0.3 is 0 Å². The molecule has 0 aliphatic rings. The summed E-state index contributed by atoms with van der Waals surface area (Å²) in [6, 6.07) is 4.31. The van der Waals surface area contributed by atoms with Gasteiger partial charge < -0.3 is 15.2 Å². The molecule has 3 nitrogen and oxygen atoms in total. The summed E-state index contributed by atoms with van der Waals surface area (Å²) in [7, 11) is 1.71. The van der Waals surface area contributed by atoms with E-state index in [0.717, 1.165) is 31.7 Å². The molecule has 0 saturated carbocycles. The van der Waals surface area contributed by atoms with Gasteiger partial charge in [0.25, 0.3) is 0 Å². The third-order valence-corrected chi connectivity index (χ3v) is 3.69. The summed E-state index contributed by atoms with van der Waals surface area (Å²) in [6.45, 7) is 8.42. The Morgan fingerprint density at radius 1 is 1.26 bits per heavy atom. The average molecular weight is 265 g/mol. The van der Waals surface area contributed by atoms with Crippen molar-refractivity contribution in [3.63, 3.8) is 0 Å². The number of hydrogen-bond donors (Lipinski definition) is 2. The van der Waals surface area contributed by atoms with Crippen LogP contribution in [-0.4, -0.2) is 31.9 Å². The first kappa shape index (κ1) is 16.0. The zero-order valence-corrected chi connectivity index (χ0v) is 12.6. The molecule has 1 rings (SSSR count). The quantitative estimate of drug-likeness (QED) is 0.710. The van der Waals surface area contributed by atoms with Crippen molar-refractivity contribution in [2.75, 3.05) is 26.8 Å². The molecular weight excluding hydrogens is 238 g/mol. The van der Waals surface area contributed by atoms with Gasteiger partial charge in [0, 0.05) is 13.2 Å². The van der Waals surface area contributed by atoms with Crippen molar-refractivity contribution in [1.82, 2.24) is 5.32 Å². The standard InChI is InChI=1S/C16H27NO2/c1-5-14(11-18)10-17-7-6-15-8-13(3)16(19-4)9-12(15)2/h8-9,14,17-18H,5-7,10-11H2,1-4H3. The molecule has 19 heavy (non-hydrogen) atoms. The van der Waals surface area contributed by atoms with E-state index in [1.807, 2.05) is 0 Å². The van der Waals surface area contributed by atoms with Gasteiger partial charge in [0.15, 0.2) is 0 Å². The normalized spacial score (nSPS) is 12.5. The van der Waals surface area contributed by atoms with Gasteiger partial charge in [-0.2, -0.15) is 0 Å². The second-order valence-electron chi connectivity index (χ2n) is 5.16. The number of hydrogen-bond acceptors (Lipinski definition) is 3. The van der Waals surface area contributed by atoms with Gasteiger partial charge in [-0.15, -0.1) is 0 Å². The molecule has 0 amide bonds. The zero-order chi connectivity index (χ0) is 14.3. The Hall–Kier alpha value is -1.06. The van der Waals surface area contributed by atoms with E-state index < -0.39 is 0 Å². The lowest BCUT2D eigenvalue weighted by molar-refractivity contribution is 0.219. The van der Waals surface area contributed by atoms with Crippen molar-refractivity contribution in [3.05, 3.63) is 28.8 Å². The van der Waals surface area contributed by atoms with Crippen LogP contribution < -0.4 is 10.1 Å². The summed E-state index contributed by atoms with van der Waals surface area (Å²) in [5, 5.41) is 12.5. The van der Waals surface area contributed by atoms with Gasteiger partial charge in [-0.05, 0) is 61.9 Å². The highest BCUT2D eigenvalue weighted by Gasteiger charge is 2.06. The van der Waals surface area contributed by atoms with Crippen LogP contribution in [-0.2, 0) is 6.42 Å². The fourth-order valence-corrected chi connectivity index (χ4v) is 2.21. The van der Waals surface area contributed by atoms with Crippen LogP contribution in [0.15, 0.2) is 12.1 Å². The molecule has 0 saturated heterocycles. The van der Waals surface area contributed by atoms with Crippen LogP contribution in [0.25, 0.3) is 0 Å². The van der Waals surface area contributed by atoms with E-state index in [2.05, 4.69) is 38.2 Å². The minimum absolute atomic E-state index is 0.268. The minimum Gasteiger partial charge on any atom is -0.496 e. The molecule has 0 heterocycles. The molecule has 1 unspecified atom stereocenters. The van der Waals surface area contributed by atoms with Crippen molar-refractivity contribution in [1.29, 1.82) is 0 Å². The van der Waals surface area contributed by atoms with E-state index in [-0.39, 0.29) is 6.61 Å². The highest BCUT2D eigenvalue weighted by molar-refractivity contribution is 5.41. The fourth-order valence-electron chi connectivity index (χ4n) is 2.21. The van der Waals surface area contributed by atoms with Crippen LogP contribution in [0.2, 0.25) is 0 Å². The molecule has 0 radical (unpaired) electrons.